The Morgan fingerprint density at radius 2 is 1.33 bits per heavy atom. The van der Waals surface area contributed by atoms with Crippen LogP contribution in [0.25, 0.3) is 39.2 Å². The summed E-state index contributed by atoms with van der Waals surface area (Å²) < 4.78 is 4.89. The summed E-state index contributed by atoms with van der Waals surface area (Å²) in [6.07, 6.45) is 1.00. The maximum Gasteiger partial charge on any atom is 0.295 e. The summed E-state index contributed by atoms with van der Waals surface area (Å²) in [6, 6.07) is 27.0. The molecule has 2 heteroatoms. The van der Waals surface area contributed by atoms with Gasteiger partial charge in [-0.1, -0.05) is 60.2 Å². The lowest BCUT2D eigenvalue weighted by atomic mass is 10.0. The normalized spacial score (nSPS) is 12.3. The van der Waals surface area contributed by atoms with Gasteiger partial charge in [0.15, 0.2) is 11.0 Å². The third-order valence-corrected chi connectivity index (χ3v) is 7.27. The average molecular weight is 430 g/mol. The Kier molecular flexibility index (Phi) is 4.35. The summed E-state index contributed by atoms with van der Waals surface area (Å²) >= 11 is 0. The molecule has 0 spiro atoms. The number of aromatic nitrogens is 2. The fourth-order valence-corrected chi connectivity index (χ4v) is 5.86. The largest absolute Gasteiger partial charge is 0.295 e. The number of imidazole rings is 1. The monoisotopic (exact) mass is 429 g/mol. The van der Waals surface area contributed by atoms with Gasteiger partial charge in [-0.15, -0.1) is 0 Å². The van der Waals surface area contributed by atoms with Crippen LogP contribution >= 0.6 is 0 Å². The van der Waals surface area contributed by atoms with Crippen molar-refractivity contribution in [2.45, 2.75) is 34.1 Å². The summed E-state index contributed by atoms with van der Waals surface area (Å²) in [6.45, 7) is 8.88. The second-order valence-electron chi connectivity index (χ2n) is 9.61. The van der Waals surface area contributed by atoms with Gasteiger partial charge in [-0.05, 0) is 91.3 Å². The van der Waals surface area contributed by atoms with Gasteiger partial charge in [-0.25, -0.2) is 4.57 Å². The number of hydrogen-bond acceptors (Lipinski definition) is 0. The molecule has 5 aromatic rings. The molecule has 0 aliphatic heterocycles. The van der Waals surface area contributed by atoms with Crippen LogP contribution in [0.15, 0.2) is 72.8 Å². The third kappa shape index (κ3) is 2.90. The number of aryl methyl sites for hydroxylation is 5. The first-order chi connectivity index (χ1) is 15.9. The van der Waals surface area contributed by atoms with Gasteiger partial charge in [0.05, 0.1) is 12.6 Å². The van der Waals surface area contributed by atoms with Gasteiger partial charge < -0.3 is 0 Å². The molecule has 0 unspecified atom stereocenters. The van der Waals surface area contributed by atoms with E-state index >= 15 is 0 Å². The minimum atomic E-state index is 1.00. The van der Waals surface area contributed by atoms with Gasteiger partial charge in [-0.3, -0.25) is 0 Å². The highest BCUT2D eigenvalue weighted by molar-refractivity contribution is 5.89. The first-order valence-electron chi connectivity index (χ1n) is 11.7. The predicted molar refractivity (Wildman–Crippen MR) is 137 cm³/mol. The summed E-state index contributed by atoms with van der Waals surface area (Å²) in [5, 5.41) is 0. The van der Waals surface area contributed by atoms with Crippen LogP contribution in [0.1, 0.15) is 33.4 Å². The summed E-state index contributed by atoms with van der Waals surface area (Å²) in [5.74, 6) is 1.23. The van der Waals surface area contributed by atoms with E-state index in [9.17, 15) is 0 Å². The average Bonchev–Trinajstić information content (AvgIpc) is 3.27. The molecule has 0 radical (unpaired) electrons. The SMILES string of the molecule is Cc1cc(C)c(-n2c(-c3ccccc3C)[n+](C)c3cc4c(cc32)Cc2ccccc2-4)c(C)c1. The van der Waals surface area contributed by atoms with Crippen molar-refractivity contribution < 1.29 is 4.57 Å². The summed E-state index contributed by atoms with van der Waals surface area (Å²) in [5.41, 5.74) is 15.9. The maximum atomic E-state index is 2.50. The Labute approximate surface area is 195 Å². The zero-order valence-corrected chi connectivity index (χ0v) is 20.0. The van der Waals surface area contributed by atoms with E-state index in [4.69, 9.17) is 0 Å². The zero-order chi connectivity index (χ0) is 22.9. The minimum absolute atomic E-state index is 1.00. The van der Waals surface area contributed by atoms with Gasteiger partial charge in [-0.2, -0.15) is 4.57 Å². The van der Waals surface area contributed by atoms with Gasteiger partial charge in [0.25, 0.3) is 5.82 Å². The summed E-state index contributed by atoms with van der Waals surface area (Å²) in [7, 11) is 2.21. The van der Waals surface area contributed by atoms with Crippen LogP contribution in [-0.2, 0) is 13.5 Å². The number of benzene rings is 4. The minimum Gasteiger partial charge on any atom is -0.225 e. The number of hydrogen-bond donors (Lipinski definition) is 0. The molecule has 2 nitrogen and oxygen atoms in total. The van der Waals surface area contributed by atoms with E-state index in [0.717, 1.165) is 6.42 Å². The molecule has 1 aromatic heterocycles. The van der Waals surface area contributed by atoms with Gasteiger partial charge in [0.2, 0.25) is 0 Å². The van der Waals surface area contributed by atoms with Crippen LogP contribution in [0.4, 0.5) is 0 Å². The molecule has 0 saturated carbocycles. The molecule has 1 heterocycles. The van der Waals surface area contributed by atoms with E-state index in [1.165, 1.54) is 72.6 Å². The van der Waals surface area contributed by atoms with Crippen molar-refractivity contribution in [1.29, 1.82) is 0 Å². The molecule has 6 rings (SSSR count). The lowest BCUT2D eigenvalue weighted by Gasteiger charge is -2.12. The summed E-state index contributed by atoms with van der Waals surface area (Å²) in [4.78, 5) is 0. The molecular weight excluding hydrogens is 400 g/mol. The van der Waals surface area contributed by atoms with Crippen LogP contribution in [0, 0.1) is 27.7 Å². The molecule has 0 N–H and O–H groups in total. The molecule has 4 aromatic carbocycles. The number of nitrogens with zero attached hydrogens (tertiary/aromatic N) is 2. The van der Waals surface area contributed by atoms with E-state index in [1.807, 2.05) is 0 Å². The molecule has 0 amide bonds. The molecule has 0 saturated heterocycles. The molecule has 1 aliphatic carbocycles. The van der Waals surface area contributed by atoms with E-state index < -0.39 is 0 Å². The van der Waals surface area contributed by atoms with Crippen LogP contribution in [-0.4, -0.2) is 4.57 Å². The van der Waals surface area contributed by atoms with Crippen molar-refractivity contribution >= 4 is 11.0 Å². The fourth-order valence-electron chi connectivity index (χ4n) is 5.86. The lowest BCUT2D eigenvalue weighted by molar-refractivity contribution is -0.633. The molecule has 0 fully saturated rings. The Morgan fingerprint density at radius 3 is 2.06 bits per heavy atom. The standard InChI is InChI=1S/C31H29N2/c1-19-14-21(3)30(22(4)15-19)33-29-17-24-16-23-11-7-9-13-26(23)27(24)18-28(29)32(5)31(33)25-12-8-6-10-20(25)2/h6-15,17-18H,16H2,1-5H3/q+1. The highest BCUT2D eigenvalue weighted by Gasteiger charge is 2.31. The lowest BCUT2D eigenvalue weighted by Crippen LogP contribution is -2.30. The molecular formula is C31H29N2+. The van der Waals surface area contributed by atoms with E-state index in [-0.39, 0.29) is 0 Å². The van der Waals surface area contributed by atoms with Crippen molar-refractivity contribution in [2.24, 2.45) is 7.05 Å². The Morgan fingerprint density at radius 1 is 0.667 bits per heavy atom. The highest BCUT2D eigenvalue weighted by atomic mass is 15.2. The molecule has 0 atom stereocenters. The second kappa shape index (κ2) is 7.18. The van der Waals surface area contributed by atoms with Crippen molar-refractivity contribution in [1.82, 2.24) is 4.57 Å². The van der Waals surface area contributed by atoms with Crippen molar-refractivity contribution in [2.75, 3.05) is 0 Å². The third-order valence-electron chi connectivity index (χ3n) is 7.27. The number of fused-ring (bicyclic) bond motifs is 4. The first-order valence-corrected chi connectivity index (χ1v) is 11.7. The topological polar surface area (TPSA) is 8.81 Å². The van der Waals surface area contributed by atoms with Crippen molar-refractivity contribution in [3.63, 3.8) is 0 Å². The van der Waals surface area contributed by atoms with Gasteiger partial charge in [0.1, 0.15) is 5.69 Å². The smallest absolute Gasteiger partial charge is 0.225 e. The van der Waals surface area contributed by atoms with E-state index in [1.54, 1.807) is 0 Å². The van der Waals surface area contributed by atoms with Crippen molar-refractivity contribution in [3.8, 4) is 28.2 Å². The van der Waals surface area contributed by atoms with Crippen LogP contribution in [0.2, 0.25) is 0 Å². The molecule has 162 valence electrons. The van der Waals surface area contributed by atoms with Crippen molar-refractivity contribution in [3.05, 3.63) is 106 Å². The molecule has 33 heavy (non-hydrogen) atoms. The molecule has 1 aliphatic rings. The quantitative estimate of drug-likeness (QED) is 0.264. The highest BCUT2D eigenvalue weighted by Crippen LogP contribution is 2.40. The zero-order valence-electron chi connectivity index (χ0n) is 20.0. The van der Waals surface area contributed by atoms with Crippen LogP contribution in [0.5, 0.6) is 0 Å². The second-order valence-corrected chi connectivity index (χ2v) is 9.61. The van der Waals surface area contributed by atoms with Gasteiger partial charge >= 0.3 is 0 Å². The number of rotatable bonds is 2. The maximum absolute atomic E-state index is 2.50. The fraction of sp³-hybridized carbons (Fsp3) is 0.194. The Bertz CT molecular complexity index is 1560. The predicted octanol–water partition coefficient (Wildman–Crippen LogP) is 6.93. The first kappa shape index (κ1) is 20.0. The Hall–Kier alpha value is -3.65. The molecule has 0 bridgehead atoms. The Balaban J connectivity index is 1.76. The van der Waals surface area contributed by atoms with Crippen LogP contribution in [0.3, 0.4) is 0 Å². The van der Waals surface area contributed by atoms with E-state index in [0.29, 0.717) is 0 Å². The van der Waals surface area contributed by atoms with Gasteiger partial charge in [0, 0.05) is 0 Å². The van der Waals surface area contributed by atoms with Crippen LogP contribution < -0.4 is 4.57 Å². The van der Waals surface area contributed by atoms with E-state index in [2.05, 4.69) is 117 Å².